The zero-order chi connectivity index (χ0) is 19.9. The van der Waals surface area contributed by atoms with Gasteiger partial charge in [0.25, 0.3) is 0 Å². The second-order valence-electron chi connectivity index (χ2n) is 7.02. The molecule has 2 atom stereocenters. The average molecular weight is 370 g/mol. The quantitative estimate of drug-likeness (QED) is 0.683. The van der Waals surface area contributed by atoms with E-state index in [2.05, 4.69) is 25.7 Å². The number of rotatable bonds is 9. The van der Waals surface area contributed by atoms with Gasteiger partial charge in [-0.25, -0.2) is 4.79 Å². The third-order valence-corrected chi connectivity index (χ3v) is 5.21. The molecule has 0 heterocycles. The first-order chi connectivity index (χ1) is 12.9. The molecule has 0 aliphatic rings. The lowest BCUT2D eigenvalue weighted by Gasteiger charge is -2.31. The smallest absolute Gasteiger partial charge is 0.347 e. The summed E-state index contributed by atoms with van der Waals surface area (Å²) in [4.78, 5) is 15.4. The molecule has 4 heteroatoms. The maximum atomic E-state index is 13.1. The first-order valence-electron chi connectivity index (χ1n) is 9.70. The van der Waals surface area contributed by atoms with Gasteiger partial charge in [0.1, 0.15) is 6.10 Å². The molecule has 0 aromatic heterocycles. The molecular formula is C23H31NO3. The summed E-state index contributed by atoms with van der Waals surface area (Å²) in [6.07, 6.45) is -0.308. The van der Waals surface area contributed by atoms with Crippen molar-refractivity contribution in [1.29, 1.82) is 0 Å². The number of hydrogen-bond donors (Lipinski definition) is 1. The lowest BCUT2D eigenvalue weighted by molar-refractivity contribution is -0.169. The molecular weight excluding hydrogens is 338 g/mol. The predicted molar refractivity (Wildman–Crippen MR) is 108 cm³/mol. The highest BCUT2D eigenvalue weighted by Gasteiger charge is 2.42. The minimum atomic E-state index is -1.83. The molecule has 0 aliphatic carbocycles. The molecule has 0 aliphatic heterocycles. The Morgan fingerprint density at radius 2 is 1.41 bits per heavy atom. The van der Waals surface area contributed by atoms with E-state index < -0.39 is 11.6 Å². The van der Waals surface area contributed by atoms with E-state index in [1.54, 1.807) is 24.3 Å². The third kappa shape index (κ3) is 4.96. The molecule has 2 aromatic rings. The third-order valence-electron chi connectivity index (χ3n) is 5.21. The van der Waals surface area contributed by atoms with E-state index >= 15 is 0 Å². The summed E-state index contributed by atoms with van der Waals surface area (Å²) in [6, 6.07) is 17.9. The molecule has 0 unspecified atom stereocenters. The van der Waals surface area contributed by atoms with E-state index in [1.807, 2.05) is 43.3 Å². The van der Waals surface area contributed by atoms with Crippen LogP contribution in [0.3, 0.4) is 0 Å². The Hall–Kier alpha value is -2.17. The summed E-state index contributed by atoms with van der Waals surface area (Å²) < 4.78 is 5.76. The Kier molecular flexibility index (Phi) is 7.57. The van der Waals surface area contributed by atoms with Gasteiger partial charge in [0.2, 0.25) is 5.60 Å². The fraction of sp³-hybridized carbons (Fsp3) is 0.435. The molecule has 146 valence electrons. The van der Waals surface area contributed by atoms with Gasteiger partial charge in [-0.1, -0.05) is 81.4 Å². The lowest BCUT2D eigenvalue weighted by atomic mass is 9.86. The average Bonchev–Trinajstić information content (AvgIpc) is 2.72. The van der Waals surface area contributed by atoms with Crippen molar-refractivity contribution in [1.82, 2.24) is 4.90 Å². The molecule has 27 heavy (non-hydrogen) atoms. The number of aliphatic hydroxyl groups is 1. The molecule has 0 saturated carbocycles. The van der Waals surface area contributed by atoms with Gasteiger partial charge in [-0.15, -0.1) is 0 Å². The normalized spacial score (nSPS) is 14.0. The number of esters is 1. The van der Waals surface area contributed by atoms with Crippen molar-refractivity contribution >= 4 is 5.97 Å². The fourth-order valence-electron chi connectivity index (χ4n) is 3.17. The Morgan fingerprint density at radius 1 is 0.963 bits per heavy atom. The van der Waals surface area contributed by atoms with Crippen molar-refractivity contribution in [2.24, 2.45) is 5.92 Å². The summed E-state index contributed by atoms with van der Waals surface area (Å²) in [5.41, 5.74) is -0.819. The molecule has 0 fully saturated rings. The summed E-state index contributed by atoms with van der Waals surface area (Å²) in [5, 5.41) is 11.4. The van der Waals surface area contributed by atoms with Crippen LogP contribution in [0.25, 0.3) is 0 Å². The largest absolute Gasteiger partial charge is 0.460 e. The van der Waals surface area contributed by atoms with Crippen LogP contribution >= 0.6 is 0 Å². The highest BCUT2D eigenvalue weighted by molar-refractivity contribution is 5.85. The van der Waals surface area contributed by atoms with Gasteiger partial charge >= 0.3 is 5.97 Å². The van der Waals surface area contributed by atoms with E-state index in [9.17, 15) is 9.90 Å². The van der Waals surface area contributed by atoms with Crippen molar-refractivity contribution in [3.05, 3.63) is 71.8 Å². The molecule has 0 spiro atoms. The number of carbonyl (C=O) groups is 1. The van der Waals surface area contributed by atoms with Crippen LogP contribution in [-0.4, -0.2) is 41.7 Å². The monoisotopic (exact) mass is 369 g/mol. The van der Waals surface area contributed by atoms with Crippen LogP contribution in [-0.2, 0) is 15.1 Å². The van der Waals surface area contributed by atoms with Gasteiger partial charge in [0.05, 0.1) is 0 Å². The maximum absolute atomic E-state index is 13.1. The van der Waals surface area contributed by atoms with E-state index in [1.165, 1.54) is 0 Å². The summed E-state index contributed by atoms with van der Waals surface area (Å²) in [6.45, 7) is 11.0. The van der Waals surface area contributed by atoms with Gasteiger partial charge < -0.3 is 14.7 Å². The number of benzene rings is 2. The van der Waals surface area contributed by atoms with Gasteiger partial charge in [-0.2, -0.15) is 0 Å². The minimum absolute atomic E-state index is 0.157. The Balaban J connectivity index is 2.25. The lowest BCUT2D eigenvalue weighted by Crippen LogP contribution is -2.42. The summed E-state index contributed by atoms with van der Waals surface area (Å²) in [7, 11) is 0. The number of ether oxygens (including phenoxy) is 1. The van der Waals surface area contributed by atoms with Crippen LogP contribution in [0.15, 0.2) is 60.7 Å². The zero-order valence-corrected chi connectivity index (χ0v) is 16.8. The minimum Gasteiger partial charge on any atom is -0.460 e. The second-order valence-corrected chi connectivity index (χ2v) is 7.02. The summed E-state index contributed by atoms with van der Waals surface area (Å²) in [5.74, 6) is -0.483. The summed E-state index contributed by atoms with van der Waals surface area (Å²) >= 11 is 0. The molecule has 0 amide bonds. The topological polar surface area (TPSA) is 49.8 Å². The predicted octanol–water partition coefficient (Wildman–Crippen LogP) is 3.83. The van der Waals surface area contributed by atoms with Crippen molar-refractivity contribution in [2.75, 3.05) is 19.6 Å². The molecule has 2 aromatic carbocycles. The van der Waals surface area contributed by atoms with E-state index in [-0.39, 0.29) is 12.0 Å². The van der Waals surface area contributed by atoms with Crippen molar-refractivity contribution in [3.63, 3.8) is 0 Å². The molecule has 0 radical (unpaired) electrons. The van der Waals surface area contributed by atoms with Crippen molar-refractivity contribution in [3.8, 4) is 0 Å². The van der Waals surface area contributed by atoms with Crippen LogP contribution in [0.5, 0.6) is 0 Å². The van der Waals surface area contributed by atoms with Gasteiger partial charge in [0.15, 0.2) is 0 Å². The van der Waals surface area contributed by atoms with Gasteiger partial charge in [-0.3, -0.25) is 0 Å². The van der Waals surface area contributed by atoms with Crippen LogP contribution in [0.2, 0.25) is 0 Å². The maximum Gasteiger partial charge on any atom is 0.347 e. The van der Waals surface area contributed by atoms with E-state index in [0.29, 0.717) is 11.1 Å². The molecule has 0 saturated heterocycles. The number of carbonyl (C=O) groups excluding carboxylic acids is 1. The van der Waals surface area contributed by atoms with E-state index in [0.717, 1.165) is 19.6 Å². The van der Waals surface area contributed by atoms with Crippen LogP contribution in [0.4, 0.5) is 0 Å². The Morgan fingerprint density at radius 3 is 1.81 bits per heavy atom. The number of hydrogen-bond acceptors (Lipinski definition) is 4. The van der Waals surface area contributed by atoms with Gasteiger partial charge in [0, 0.05) is 12.5 Å². The molecule has 0 bridgehead atoms. The van der Waals surface area contributed by atoms with Crippen molar-refractivity contribution < 1.29 is 14.6 Å². The van der Waals surface area contributed by atoms with E-state index in [4.69, 9.17) is 4.74 Å². The fourth-order valence-corrected chi connectivity index (χ4v) is 3.17. The Bertz CT molecular complexity index is 659. The molecule has 1 N–H and O–H groups in total. The highest BCUT2D eigenvalue weighted by Crippen LogP contribution is 2.32. The van der Waals surface area contributed by atoms with Gasteiger partial charge in [-0.05, 0) is 31.1 Å². The molecule has 2 rings (SSSR count). The van der Waals surface area contributed by atoms with Crippen LogP contribution < -0.4 is 0 Å². The molecule has 4 nitrogen and oxygen atoms in total. The SMILES string of the molecule is CCN(CC)C[C@H](C)[C@@H](C)OC(=O)C(O)(c1ccccc1)c1ccccc1. The zero-order valence-electron chi connectivity index (χ0n) is 16.8. The highest BCUT2D eigenvalue weighted by atomic mass is 16.6. The number of nitrogens with zero attached hydrogens (tertiary/aromatic N) is 1. The van der Waals surface area contributed by atoms with Crippen molar-refractivity contribution in [2.45, 2.75) is 39.4 Å². The standard InChI is InChI=1S/C23H31NO3/c1-5-24(6-2)17-18(3)19(4)27-22(25)23(26,20-13-9-7-10-14-20)21-15-11-8-12-16-21/h7-16,18-19,26H,5-6,17H2,1-4H3/t18-,19+/m0/s1. The Labute approximate surface area is 162 Å². The first kappa shape index (κ1) is 21.1. The van der Waals surface area contributed by atoms with Crippen LogP contribution in [0.1, 0.15) is 38.8 Å². The first-order valence-corrected chi connectivity index (χ1v) is 9.70. The van der Waals surface area contributed by atoms with Crippen LogP contribution in [0, 0.1) is 5.92 Å². The second kappa shape index (κ2) is 9.67.